The minimum atomic E-state index is -0.517. The molecule has 1 rings (SSSR count). The molecule has 1 heterocycles. The standard InChI is InChI=1S/C10H19N3O/c1-5-7(2)6-8-12-9(13-14-8)10(3,4)11/h7H,5-6,11H2,1-4H3. The Morgan fingerprint density at radius 2 is 2.14 bits per heavy atom. The van der Waals surface area contributed by atoms with Crippen LogP contribution in [-0.2, 0) is 12.0 Å². The van der Waals surface area contributed by atoms with E-state index in [-0.39, 0.29) is 0 Å². The first-order chi connectivity index (χ1) is 6.43. The third kappa shape index (κ3) is 2.80. The molecule has 0 aliphatic rings. The maximum atomic E-state index is 5.85. The monoisotopic (exact) mass is 197 g/mol. The maximum Gasteiger partial charge on any atom is 0.226 e. The highest BCUT2D eigenvalue weighted by Crippen LogP contribution is 2.15. The molecule has 0 aliphatic carbocycles. The molecule has 14 heavy (non-hydrogen) atoms. The van der Waals surface area contributed by atoms with Gasteiger partial charge in [-0.2, -0.15) is 4.98 Å². The Kier molecular flexibility index (Phi) is 3.26. The Balaban J connectivity index is 2.69. The minimum absolute atomic E-state index is 0.517. The average Bonchev–Trinajstić information content (AvgIpc) is 2.51. The van der Waals surface area contributed by atoms with E-state index in [9.17, 15) is 0 Å². The summed E-state index contributed by atoms with van der Waals surface area (Å²) in [7, 11) is 0. The van der Waals surface area contributed by atoms with Crippen LogP contribution < -0.4 is 5.73 Å². The maximum absolute atomic E-state index is 5.85. The van der Waals surface area contributed by atoms with Crippen molar-refractivity contribution in [3.63, 3.8) is 0 Å². The van der Waals surface area contributed by atoms with Gasteiger partial charge in [-0.1, -0.05) is 25.4 Å². The Bertz CT molecular complexity index is 288. The van der Waals surface area contributed by atoms with Crippen LogP contribution in [0.25, 0.3) is 0 Å². The first-order valence-electron chi connectivity index (χ1n) is 5.05. The Morgan fingerprint density at radius 3 is 2.57 bits per heavy atom. The van der Waals surface area contributed by atoms with Crippen molar-refractivity contribution in [2.75, 3.05) is 0 Å². The molecular formula is C10H19N3O. The predicted octanol–water partition coefficient (Wildman–Crippen LogP) is 1.85. The molecule has 2 N–H and O–H groups in total. The highest BCUT2D eigenvalue weighted by Gasteiger charge is 2.21. The van der Waals surface area contributed by atoms with Crippen molar-refractivity contribution in [3.8, 4) is 0 Å². The van der Waals surface area contributed by atoms with Crippen molar-refractivity contribution < 1.29 is 4.52 Å². The van der Waals surface area contributed by atoms with E-state index in [4.69, 9.17) is 10.3 Å². The van der Waals surface area contributed by atoms with Crippen molar-refractivity contribution in [1.29, 1.82) is 0 Å². The van der Waals surface area contributed by atoms with Crippen molar-refractivity contribution in [2.45, 2.75) is 46.1 Å². The molecule has 0 saturated carbocycles. The van der Waals surface area contributed by atoms with Crippen LogP contribution in [0.5, 0.6) is 0 Å². The third-order valence-electron chi connectivity index (χ3n) is 2.26. The van der Waals surface area contributed by atoms with Crippen LogP contribution in [0.1, 0.15) is 45.8 Å². The number of rotatable bonds is 4. The summed E-state index contributed by atoms with van der Waals surface area (Å²) in [6, 6.07) is 0. The molecule has 0 spiro atoms. The second-order valence-corrected chi connectivity index (χ2v) is 4.45. The molecule has 1 unspecified atom stereocenters. The lowest BCUT2D eigenvalue weighted by atomic mass is 10.1. The summed E-state index contributed by atoms with van der Waals surface area (Å²) in [6.07, 6.45) is 1.95. The lowest BCUT2D eigenvalue weighted by molar-refractivity contribution is 0.343. The zero-order valence-electron chi connectivity index (χ0n) is 9.37. The second-order valence-electron chi connectivity index (χ2n) is 4.45. The van der Waals surface area contributed by atoms with E-state index >= 15 is 0 Å². The summed E-state index contributed by atoms with van der Waals surface area (Å²) in [5, 5.41) is 3.86. The highest BCUT2D eigenvalue weighted by atomic mass is 16.5. The van der Waals surface area contributed by atoms with E-state index in [1.807, 2.05) is 13.8 Å². The Hall–Kier alpha value is -0.900. The van der Waals surface area contributed by atoms with Gasteiger partial charge in [0.1, 0.15) is 0 Å². The summed E-state index contributed by atoms with van der Waals surface area (Å²) < 4.78 is 5.12. The van der Waals surface area contributed by atoms with Crippen molar-refractivity contribution in [3.05, 3.63) is 11.7 Å². The molecule has 0 saturated heterocycles. The molecule has 1 aromatic heterocycles. The Labute approximate surface area is 84.9 Å². The van der Waals surface area contributed by atoms with Crippen molar-refractivity contribution in [2.24, 2.45) is 11.7 Å². The summed E-state index contributed by atoms with van der Waals surface area (Å²) >= 11 is 0. The zero-order valence-corrected chi connectivity index (χ0v) is 9.37. The van der Waals surface area contributed by atoms with E-state index in [2.05, 4.69) is 24.0 Å². The molecule has 0 radical (unpaired) electrons. The van der Waals surface area contributed by atoms with E-state index < -0.39 is 5.54 Å². The largest absolute Gasteiger partial charge is 0.339 e. The molecule has 0 amide bonds. The van der Waals surface area contributed by atoms with Gasteiger partial charge >= 0.3 is 0 Å². The third-order valence-corrected chi connectivity index (χ3v) is 2.26. The highest BCUT2D eigenvalue weighted by molar-refractivity contribution is 4.99. The van der Waals surface area contributed by atoms with Gasteiger partial charge in [0, 0.05) is 6.42 Å². The summed E-state index contributed by atoms with van der Waals surface area (Å²) in [5.41, 5.74) is 5.33. The SMILES string of the molecule is CCC(C)Cc1nc(C(C)(C)N)no1. The van der Waals surface area contributed by atoms with Gasteiger partial charge in [0.2, 0.25) is 5.89 Å². The van der Waals surface area contributed by atoms with E-state index in [1.165, 1.54) is 0 Å². The predicted molar refractivity (Wildman–Crippen MR) is 54.7 cm³/mol. The topological polar surface area (TPSA) is 64.9 Å². The molecule has 1 aromatic rings. The van der Waals surface area contributed by atoms with Crippen LogP contribution in [0.3, 0.4) is 0 Å². The molecule has 0 bridgehead atoms. The molecule has 0 aromatic carbocycles. The van der Waals surface area contributed by atoms with Crippen molar-refractivity contribution in [1.82, 2.24) is 10.1 Å². The number of aromatic nitrogens is 2. The number of hydrogen-bond acceptors (Lipinski definition) is 4. The average molecular weight is 197 g/mol. The van der Waals surface area contributed by atoms with Crippen LogP contribution >= 0.6 is 0 Å². The lowest BCUT2D eigenvalue weighted by Crippen LogP contribution is -2.30. The fourth-order valence-corrected chi connectivity index (χ4v) is 1.04. The van der Waals surface area contributed by atoms with E-state index in [0.717, 1.165) is 12.8 Å². The Morgan fingerprint density at radius 1 is 1.50 bits per heavy atom. The fourth-order valence-electron chi connectivity index (χ4n) is 1.04. The van der Waals surface area contributed by atoms with E-state index in [0.29, 0.717) is 17.6 Å². The van der Waals surface area contributed by atoms with Gasteiger partial charge in [0.15, 0.2) is 5.82 Å². The second kappa shape index (κ2) is 4.09. The fraction of sp³-hybridized carbons (Fsp3) is 0.800. The summed E-state index contributed by atoms with van der Waals surface area (Å²) in [4.78, 5) is 4.27. The van der Waals surface area contributed by atoms with Crippen LogP contribution in [0.4, 0.5) is 0 Å². The smallest absolute Gasteiger partial charge is 0.226 e. The molecule has 0 aliphatic heterocycles. The molecule has 4 nitrogen and oxygen atoms in total. The molecular weight excluding hydrogens is 178 g/mol. The summed E-state index contributed by atoms with van der Waals surface area (Å²) in [5.74, 6) is 1.84. The number of hydrogen-bond donors (Lipinski definition) is 1. The normalized spacial score (nSPS) is 14.4. The quantitative estimate of drug-likeness (QED) is 0.800. The summed E-state index contributed by atoms with van der Waals surface area (Å²) in [6.45, 7) is 8.04. The van der Waals surface area contributed by atoms with Gasteiger partial charge < -0.3 is 10.3 Å². The van der Waals surface area contributed by atoms with E-state index in [1.54, 1.807) is 0 Å². The van der Waals surface area contributed by atoms with Gasteiger partial charge in [0.05, 0.1) is 5.54 Å². The molecule has 80 valence electrons. The minimum Gasteiger partial charge on any atom is -0.339 e. The first kappa shape index (κ1) is 11.2. The molecule has 1 atom stereocenters. The van der Waals surface area contributed by atoms with Crippen LogP contribution in [0.2, 0.25) is 0 Å². The lowest BCUT2D eigenvalue weighted by Gasteiger charge is -2.11. The van der Waals surface area contributed by atoms with Crippen LogP contribution in [0.15, 0.2) is 4.52 Å². The number of nitrogens with zero attached hydrogens (tertiary/aromatic N) is 2. The van der Waals surface area contributed by atoms with Gasteiger partial charge in [-0.3, -0.25) is 0 Å². The van der Waals surface area contributed by atoms with Gasteiger partial charge in [-0.15, -0.1) is 0 Å². The van der Waals surface area contributed by atoms with Gasteiger partial charge in [-0.05, 0) is 19.8 Å². The molecule has 4 heteroatoms. The van der Waals surface area contributed by atoms with Crippen LogP contribution in [-0.4, -0.2) is 10.1 Å². The zero-order chi connectivity index (χ0) is 10.8. The molecule has 0 fully saturated rings. The van der Waals surface area contributed by atoms with Crippen molar-refractivity contribution >= 4 is 0 Å². The number of nitrogens with two attached hydrogens (primary N) is 1. The van der Waals surface area contributed by atoms with Crippen LogP contribution in [0, 0.1) is 5.92 Å². The first-order valence-corrected chi connectivity index (χ1v) is 5.05. The van der Waals surface area contributed by atoms with Gasteiger partial charge in [-0.25, -0.2) is 0 Å². The van der Waals surface area contributed by atoms with Gasteiger partial charge in [0.25, 0.3) is 0 Å².